The molecule has 0 atom stereocenters. The molecule has 0 aliphatic carbocycles. The Morgan fingerprint density at radius 1 is 1.27 bits per heavy atom. The lowest BCUT2D eigenvalue weighted by molar-refractivity contribution is 0.142. The summed E-state index contributed by atoms with van der Waals surface area (Å²) in [6.45, 7) is 9.92. The number of rotatable bonds is 6. The smallest absolute Gasteiger partial charge is 0.407 e. The zero-order chi connectivity index (χ0) is 11.7. The van der Waals surface area contributed by atoms with Crippen molar-refractivity contribution in [3.8, 4) is 0 Å². The Morgan fingerprint density at radius 2 is 1.93 bits per heavy atom. The largest absolute Gasteiger partial charge is 0.450 e. The van der Waals surface area contributed by atoms with Gasteiger partial charge in [0, 0.05) is 6.54 Å². The highest BCUT2D eigenvalue weighted by molar-refractivity contribution is 5.66. The third-order valence-corrected chi connectivity index (χ3v) is 2.07. The maximum Gasteiger partial charge on any atom is 0.407 e. The van der Waals surface area contributed by atoms with Crippen molar-refractivity contribution in [1.29, 1.82) is 0 Å². The molecule has 1 N–H and O–H groups in total. The van der Waals surface area contributed by atoms with Crippen molar-refractivity contribution in [2.75, 3.05) is 13.2 Å². The summed E-state index contributed by atoms with van der Waals surface area (Å²) in [6.07, 6.45) is 3.90. The van der Waals surface area contributed by atoms with Gasteiger partial charge in [-0.2, -0.15) is 0 Å². The van der Waals surface area contributed by atoms with Gasteiger partial charge in [-0.25, -0.2) is 4.79 Å². The van der Waals surface area contributed by atoms with Gasteiger partial charge in [0.05, 0.1) is 6.61 Å². The van der Waals surface area contributed by atoms with Gasteiger partial charge in [0.15, 0.2) is 0 Å². The minimum Gasteiger partial charge on any atom is -0.450 e. The van der Waals surface area contributed by atoms with Gasteiger partial charge < -0.3 is 10.1 Å². The van der Waals surface area contributed by atoms with Crippen LogP contribution in [0.15, 0.2) is 0 Å². The molecule has 0 heterocycles. The van der Waals surface area contributed by atoms with E-state index in [-0.39, 0.29) is 6.09 Å². The number of nitrogens with one attached hydrogen (secondary N) is 1. The molecule has 0 saturated carbocycles. The number of ether oxygens (including phenoxy) is 1. The van der Waals surface area contributed by atoms with Gasteiger partial charge in [0.2, 0.25) is 0 Å². The number of unbranched alkanes of at least 4 members (excludes halogenated alkanes) is 1. The zero-order valence-electron chi connectivity index (χ0n) is 10.6. The SMILES string of the molecule is CCCNC(=O)OCCCCC(C)(C)C. The average molecular weight is 215 g/mol. The fourth-order valence-electron chi connectivity index (χ4n) is 1.20. The third-order valence-electron chi connectivity index (χ3n) is 2.07. The van der Waals surface area contributed by atoms with E-state index < -0.39 is 0 Å². The lowest BCUT2D eigenvalue weighted by Gasteiger charge is -2.17. The molecule has 1 amide bonds. The van der Waals surface area contributed by atoms with Crippen molar-refractivity contribution in [3.05, 3.63) is 0 Å². The molecule has 0 aliphatic heterocycles. The first-order valence-electron chi connectivity index (χ1n) is 5.86. The highest BCUT2D eigenvalue weighted by atomic mass is 16.5. The summed E-state index contributed by atoms with van der Waals surface area (Å²) in [7, 11) is 0. The summed E-state index contributed by atoms with van der Waals surface area (Å²) in [5, 5.41) is 2.68. The monoisotopic (exact) mass is 215 g/mol. The molecule has 0 rings (SSSR count). The number of hydrogen-bond donors (Lipinski definition) is 1. The van der Waals surface area contributed by atoms with Gasteiger partial charge in [-0.15, -0.1) is 0 Å². The van der Waals surface area contributed by atoms with Crippen LogP contribution in [0, 0.1) is 5.41 Å². The van der Waals surface area contributed by atoms with Gasteiger partial charge in [-0.1, -0.05) is 27.7 Å². The Morgan fingerprint density at radius 3 is 2.47 bits per heavy atom. The third kappa shape index (κ3) is 11.2. The summed E-state index contributed by atoms with van der Waals surface area (Å²) < 4.78 is 5.01. The van der Waals surface area contributed by atoms with Crippen LogP contribution in [-0.4, -0.2) is 19.2 Å². The predicted octanol–water partition coefficient (Wildman–Crippen LogP) is 3.34. The molecule has 0 unspecified atom stereocenters. The average Bonchev–Trinajstić information content (AvgIpc) is 2.12. The van der Waals surface area contributed by atoms with Crippen molar-refractivity contribution in [2.24, 2.45) is 5.41 Å². The van der Waals surface area contributed by atoms with Gasteiger partial charge in [-0.3, -0.25) is 0 Å². The highest BCUT2D eigenvalue weighted by Crippen LogP contribution is 2.21. The zero-order valence-corrected chi connectivity index (χ0v) is 10.6. The van der Waals surface area contributed by atoms with E-state index in [4.69, 9.17) is 4.74 Å². The van der Waals surface area contributed by atoms with Crippen LogP contribution in [-0.2, 0) is 4.74 Å². The van der Waals surface area contributed by atoms with Crippen LogP contribution < -0.4 is 5.32 Å². The first-order valence-corrected chi connectivity index (χ1v) is 5.86. The normalized spacial score (nSPS) is 11.2. The summed E-state index contributed by atoms with van der Waals surface area (Å²) in [5.41, 5.74) is 0.379. The lowest BCUT2D eigenvalue weighted by atomic mass is 9.90. The molecule has 0 fully saturated rings. The van der Waals surface area contributed by atoms with Crippen LogP contribution in [0.3, 0.4) is 0 Å². The fourth-order valence-corrected chi connectivity index (χ4v) is 1.20. The quantitative estimate of drug-likeness (QED) is 0.690. The molecule has 0 radical (unpaired) electrons. The Balaban J connectivity index is 3.27. The maximum absolute atomic E-state index is 11.0. The second-order valence-electron chi connectivity index (χ2n) is 5.08. The first-order chi connectivity index (χ1) is 6.95. The van der Waals surface area contributed by atoms with Crippen LogP contribution in [0.2, 0.25) is 0 Å². The predicted molar refractivity (Wildman–Crippen MR) is 62.9 cm³/mol. The summed E-state index contributed by atoms with van der Waals surface area (Å²) in [4.78, 5) is 11.0. The maximum atomic E-state index is 11.0. The van der Waals surface area contributed by atoms with E-state index in [1.165, 1.54) is 6.42 Å². The van der Waals surface area contributed by atoms with Gasteiger partial charge in [-0.05, 0) is 31.1 Å². The molecule has 0 bridgehead atoms. The Kier molecular flexibility index (Phi) is 7.18. The highest BCUT2D eigenvalue weighted by Gasteiger charge is 2.09. The number of amides is 1. The van der Waals surface area contributed by atoms with Gasteiger partial charge in [0.25, 0.3) is 0 Å². The molecule has 3 heteroatoms. The summed E-state index contributed by atoms with van der Waals surface area (Å²) in [6, 6.07) is 0. The van der Waals surface area contributed by atoms with Gasteiger partial charge >= 0.3 is 6.09 Å². The van der Waals surface area contributed by atoms with E-state index in [9.17, 15) is 4.79 Å². The van der Waals surface area contributed by atoms with Crippen molar-refractivity contribution >= 4 is 6.09 Å². The number of carbonyl (C=O) groups is 1. The van der Waals surface area contributed by atoms with E-state index in [2.05, 4.69) is 26.1 Å². The minimum atomic E-state index is -0.285. The molecule has 0 aliphatic rings. The Labute approximate surface area is 93.6 Å². The van der Waals surface area contributed by atoms with E-state index >= 15 is 0 Å². The molecule has 90 valence electrons. The number of carbonyl (C=O) groups excluding carboxylic acids is 1. The fraction of sp³-hybridized carbons (Fsp3) is 0.917. The van der Waals surface area contributed by atoms with Crippen LogP contribution in [0.5, 0.6) is 0 Å². The standard InChI is InChI=1S/C12H25NO2/c1-5-9-13-11(14)15-10-7-6-8-12(2,3)4/h5-10H2,1-4H3,(H,13,14). The van der Waals surface area contributed by atoms with E-state index in [1.54, 1.807) is 0 Å². The van der Waals surface area contributed by atoms with Crippen LogP contribution in [0.1, 0.15) is 53.4 Å². The van der Waals surface area contributed by atoms with Crippen molar-refractivity contribution in [1.82, 2.24) is 5.32 Å². The topological polar surface area (TPSA) is 38.3 Å². The second-order valence-corrected chi connectivity index (χ2v) is 5.08. The van der Waals surface area contributed by atoms with Crippen LogP contribution in [0.25, 0.3) is 0 Å². The lowest BCUT2D eigenvalue weighted by Crippen LogP contribution is -2.25. The Bertz CT molecular complexity index is 173. The molecule has 0 aromatic heterocycles. The molecule has 0 spiro atoms. The first kappa shape index (κ1) is 14.3. The number of hydrogen-bond acceptors (Lipinski definition) is 2. The van der Waals surface area contributed by atoms with Crippen molar-refractivity contribution < 1.29 is 9.53 Å². The van der Waals surface area contributed by atoms with E-state index in [0.717, 1.165) is 19.3 Å². The molecule has 0 saturated heterocycles. The minimum absolute atomic E-state index is 0.285. The summed E-state index contributed by atoms with van der Waals surface area (Å²) in [5.74, 6) is 0. The van der Waals surface area contributed by atoms with E-state index in [0.29, 0.717) is 18.6 Å². The summed E-state index contributed by atoms with van der Waals surface area (Å²) >= 11 is 0. The molecular formula is C12H25NO2. The molecule has 15 heavy (non-hydrogen) atoms. The van der Waals surface area contributed by atoms with E-state index in [1.807, 2.05) is 6.92 Å². The number of alkyl carbamates (subject to hydrolysis) is 1. The molecule has 0 aromatic rings. The van der Waals surface area contributed by atoms with Gasteiger partial charge in [0.1, 0.15) is 0 Å². The van der Waals surface area contributed by atoms with Crippen molar-refractivity contribution in [3.63, 3.8) is 0 Å². The molecule has 3 nitrogen and oxygen atoms in total. The van der Waals surface area contributed by atoms with Crippen molar-refractivity contribution in [2.45, 2.75) is 53.4 Å². The molecular weight excluding hydrogens is 190 g/mol. The van der Waals surface area contributed by atoms with Crippen LogP contribution >= 0.6 is 0 Å². The molecule has 0 aromatic carbocycles. The van der Waals surface area contributed by atoms with Crippen LogP contribution in [0.4, 0.5) is 4.79 Å². The second kappa shape index (κ2) is 7.55. The Hall–Kier alpha value is -0.730.